The Morgan fingerprint density at radius 2 is 1.00 bits per heavy atom. The van der Waals surface area contributed by atoms with E-state index in [4.69, 9.17) is 4.74 Å². The van der Waals surface area contributed by atoms with Gasteiger partial charge in [0.05, 0.1) is 0 Å². The third kappa shape index (κ3) is 5.38. The van der Waals surface area contributed by atoms with Crippen LogP contribution in [0, 0.1) is 0 Å². The number of para-hydroxylation sites is 2. The van der Waals surface area contributed by atoms with Gasteiger partial charge in [-0.2, -0.15) is 0 Å². The smallest absolute Gasteiger partial charge is 0.127 e. The molecule has 86 valence electrons. The Bertz CT molecular complexity index is 388. The maximum atomic E-state index is 5.58. The highest BCUT2D eigenvalue weighted by molar-refractivity contribution is 5.30. The lowest BCUT2D eigenvalue weighted by Crippen LogP contribution is -1.81. The highest BCUT2D eigenvalue weighted by Gasteiger charge is 1.92. The minimum atomic E-state index is 0.869. The summed E-state index contributed by atoms with van der Waals surface area (Å²) in [7, 11) is 0. The van der Waals surface area contributed by atoms with Crippen LogP contribution in [-0.4, -0.2) is 0 Å². The SMILES string of the molecule is C=CC=C.c1ccc(Oc2ccccc2)cc1. The molecule has 0 unspecified atom stereocenters. The van der Waals surface area contributed by atoms with Crippen molar-refractivity contribution in [2.24, 2.45) is 0 Å². The second kappa shape index (κ2) is 7.94. The zero-order valence-electron chi connectivity index (χ0n) is 9.75. The molecule has 0 heterocycles. The van der Waals surface area contributed by atoms with Gasteiger partial charge in [-0.25, -0.2) is 0 Å². The van der Waals surface area contributed by atoms with E-state index >= 15 is 0 Å². The topological polar surface area (TPSA) is 9.23 Å². The van der Waals surface area contributed by atoms with Crippen LogP contribution in [0.2, 0.25) is 0 Å². The largest absolute Gasteiger partial charge is 0.457 e. The molecule has 2 aromatic rings. The number of allylic oxidation sites excluding steroid dienone is 2. The molecule has 0 atom stereocenters. The summed E-state index contributed by atoms with van der Waals surface area (Å²) in [6.07, 6.45) is 3.28. The third-order valence-corrected chi connectivity index (χ3v) is 1.89. The van der Waals surface area contributed by atoms with Crippen molar-refractivity contribution in [3.8, 4) is 11.5 Å². The minimum Gasteiger partial charge on any atom is -0.457 e. The maximum absolute atomic E-state index is 5.58. The van der Waals surface area contributed by atoms with Crippen LogP contribution in [0.4, 0.5) is 0 Å². The first-order valence-electron chi connectivity index (χ1n) is 5.38. The molecule has 1 nitrogen and oxygen atoms in total. The summed E-state index contributed by atoms with van der Waals surface area (Å²) in [6, 6.07) is 19.5. The summed E-state index contributed by atoms with van der Waals surface area (Å²) in [5.41, 5.74) is 0. The molecule has 17 heavy (non-hydrogen) atoms. The van der Waals surface area contributed by atoms with Crippen molar-refractivity contribution in [1.82, 2.24) is 0 Å². The molecule has 0 bridgehead atoms. The first-order chi connectivity index (χ1) is 8.36. The third-order valence-electron chi connectivity index (χ3n) is 1.89. The molecule has 0 N–H and O–H groups in total. The first kappa shape index (κ1) is 12.8. The fourth-order valence-electron chi connectivity index (χ4n) is 1.11. The van der Waals surface area contributed by atoms with Crippen LogP contribution in [0.1, 0.15) is 0 Å². The van der Waals surface area contributed by atoms with Gasteiger partial charge >= 0.3 is 0 Å². The van der Waals surface area contributed by atoms with Crippen molar-refractivity contribution in [2.75, 3.05) is 0 Å². The Kier molecular flexibility index (Phi) is 5.97. The van der Waals surface area contributed by atoms with Crippen LogP contribution in [0.25, 0.3) is 0 Å². The van der Waals surface area contributed by atoms with Crippen molar-refractivity contribution < 1.29 is 4.74 Å². The number of rotatable bonds is 3. The fraction of sp³-hybridized carbons (Fsp3) is 0. The molecular formula is C16H16O. The summed E-state index contributed by atoms with van der Waals surface area (Å²) in [5.74, 6) is 1.74. The van der Waals surface area contributed by atoms with Gasteiger partial charge in [-0.05, 0) is 24.3 Å². The molecule has 0 spiro atoms. The van der Waals surface area contributed by atoms with E-state index in [1.807, 2.05) is 60.7 Å². The van der Waals surface area contributed by atoms with Crippen molar-refractivity contribution >= 4 is 0 Å². The Balaban J connectivity index is 0.000000317. The number of ether oxygens (including phenoxy) is 1. The van der Waals surface area contributed by atoms with E-state index < -0.39 is 0 Å². The van der Waals surface area contributed by atoms with Gasteiger partial charge in [0.2, 0.25) is 0 Å². The van der Waals surface area contributed by atoms with Crippen LogP contribution < -0.4 is 4.74 Å². The molecule has 0 amide bonds. The van der Waals surface area contributed by atoms with E-state index in [2.05, 4.69) is 13.2 Å². The van der Waals surface area contributed by atoms with Gasteiger partial charge in [0, 0.05) is 0 Å². The monoisotopic (exact) mass is 224 g/mol. The highest BCUT2D eigenvalue weighted by Crippen LogP contribution is 2.19. The Morgan fingerprint density at radius 3 is 1.29 bits per heavy atom. The molecule has 0 aromatic heterocycles. The van der Waals surface area contributed by atoms with Gasteiger partial charge in [-0.1, -0.05) is 61.7 Å². The predicted molar refractivity (Wildman–Crippen MR) is 73.4 cm³/mol. The second-order valence-electron chi connectivity index (χ2n) is 3.20. The quantitative estimate of drug-likeness (QED) is 0.678. The summed E-state index contributed by atoms with van der Waals surface area (Å²) < 4.78 is 5.58. The average Bonchev–Trinajstić information content (AvgIpc) is 2.41. The molecule has 0 saturated heterocycles. The summed E-state index contributed by atoms with van der Waals surface area (Å²) in [4.78, 5) is 0. The van der Waals surface area contributed by atoms with Crippen molar-refractivity contribution in [1.29, 1.82) is 0 Å². The normalized spacial score (nSPS) is 8.47. The summed E-state index contributed by atoms with van der Waals surface area (Å²) >= 11 is 0. The van der Waals surface area contributed by atoms with E-state index in [-0.39, 0.29) is 0 Å². The van der Waals surface area contributed by atoms with Crippen LogP contribution in [0.3, 0.4) is 0 Å². The highest BCUT2D eigenvalue weighted by atomic mass is 16.5. The van der Waals surface area contributed by atoms with Crippen LogP contribution in [0.15, 0.2) is 86.0 Å². The minimum absolute atomic E-state index is 0.869. The molecular weight excluding hydrogens is 208 g/mol. The average molecular weight is 224 g/mol. The van der Waals surface area contributed by atoms with Gasteiger partial charge in [-0.15, -0.1) is 0 Å². The molecule has 0 radical (unpaired) electrons. The zero-order valence-corrected chi connectivity index (χ0v) is 9.75. The van der Waals surface area contributed by atoms with Crippen LogP contribution >= 0.6 is 0 Å². The van der Waals surface area contributed by atoms with E-state index in [0.29, 0.717) is 0 Å². The van der Waals surface area contributed by atoms with Crippen molar-refractivity contribution in [3.63, 3.8) is 0 Å². The predicted octanol–water partition coefficient (Wildman–Crippen LogP) is 4.84. The molecule has 0 aliphatic rings. The molecule has 2 aromatic carbocycles. The molecule has 0 fully saturated rings. The first-order valence-corrected chi connectivity index (χ1v) is 5.38. The van der Waals surface area contributed by atoms with E-state index in [1.54, 1.807) is 12.2 Å². The molecule has 1 heteroatoms. The van der Waals surface area contributed by atoms with Gasteiger partial charge < -0.3 is 4.74 Å². The molecule has 0 saturated carbocycles. The molecule has 0 aliphatic heterocycles. The Hall–Kier alpha value is -2.28. The second-order valence-corrected chi connectivity index (χ2v) is 3.20. The number of benzene rings is 2. The van der Waals surface area contributed by atoms with Gasteiger partial charge in [-0.3, -0.25) is 0 Å². The van der Waals surface area contributed by atoms with Crippen LogP contribution in [-0.2, 0) is 0 Å². The lowest BCUT2D eigenvalue weighted by atomic mass is 10.3. The number of hydrogen-bond acceptors (Lipinski definition) is 1. The van der Waals surface area contributed by atoms with E-state index in [9.17, 15) is 0 Å². The van der Waals surface area contributed by atoms with Gasteiger partial charge in [0.15, 0.2) is 0 Å². The standard InChI is InChI=1S/C12H10O.C4H6/c1-3-7-11(8-4-1)13-12-9-5-2-6-10-12;1-3-4-2/h1-10H;3-4H,1-2H2. The summed E-state index contributed by atoms with van der Waals surface area (Å²) in [6.45, 7) is 6.72. The Morgan fingerprint density at radius 1 is 0.647 bits per heavy atom. The van der Waals surface area contributed by atoms with Crippen molar-refractivity contribution in [3.05, 3.63) is 86.0 Å². The van der Waals surface area contributed by atoms with Crippen LogP contribution in [0.5, 0.6) is 11.5 Å². The molecule has 2 rings (SSSR count). The van der Waals surface area contributed by atoms with E-state index in [0.717, 1.165) is 11.5 Å². The maximum Gasteiger partial charge on any atom is 0.127 e. The molecule has 0 aliphatic carbocycles. The summed E-state index contributed by atoms with van der Waals surface area (Å²) in [5, 5.41) is 0. The van der Waals surface area contributed by atoms with Gasteiger partial charge in [0.1, 0.15) is 11.5 Å². The lowest BCUT2D eigenvalue weighted by Gasteiger charge is -2.03. The van der Waals surface area contributed by atoms with Crippen molar-refractivity contribution in [2.45, 2.75) is 0 Å². The lowest BCUT2D eigenvalue weighted by molar-refractivity contribution is 0.482. The number of hydrogen-bond donors (Lipinski definition) is 0. The Labute approximate surface area is 103 Å². The van der Waals surface area contributed by atoms with Gasteiger partial charge in [0.25, 0.3) is 0 Å². The zero-order chi connectivity index (χ0) is 12.3. The van der Waals surface area contributed by atoms with E-state index in [1.165, 1.54) is 0 Å². The fourth-order valence-corrected chi connectivity index (χ4v) is 1.11.